The fraction of sp³-hybridized carbons (Fsp3) is 0.788. The minimum absolute atomic E-state index is 0.0240. The summed E-state index contributed by atoms with van der Waals surface area (Å²) in [5, 5.41) is 12.7. The number of hydrogen-bond donors (Lipinski definition) is 2. The van der Waals surface area contributed by atoms with E-state index in [-0.39, 0.29) is 18.6 Å². The number of aliphatic hydroxyl groups is 1. The molecule has 4 nitrogen and oxygen atoms in total. The van der Waals surface area contributed by atoms with Gasteiger partial charge in [-0.15, -0.1) is 0 Å². The van der Waals surface area contributed by atoms with Crippen molar-refractivity contribution in [3.63, 3.8) is 0 Å². The predicted octanol–water partition coefficient (Wildman–Crippen LogP) is 8.99. The standard InChI is InChI=1S/C33H61NO3/c1-4-6-8-10-12-14-16-17-19-20-22-24-26-28-32(37-3)31(30-35)34-33(36)29-27-25-23-21-18-15-13-11-9-7-5-2/h13,15,21,23,26,28,31-32,35H,4-12,14,16-20,22,24-25,27,29-30H2,1-3H3,(H,34,36)/b15-13+,23-21+,28-26+/t31-,32+/m0/s1. The summed E-state index contributed by atoms with van der Waals surface area (Å²) >= 11 is 0. The molecule has 0 aliphatic rings. The van der Waals surface area contributed by atoms with E-state index in [9.17, 15) is 9.90 Å². The fourth-order valence-electron chi connectivity index (χ4n) is 4.44. The van der Waals surface area contributed by atoms with Crippen molar-refractivity contribution < 1.29 is 14.6 Å². The third kappa shape index (κ3) is 24.7. The number of hydrogen-bond acceptors (Lipinski definition) is 3. The molecule has 37 heavy (non-hydrogen) atoms. The molecule has 0 aromatic rings. The van der Waals surface area contributed by atoms with Crippen molar-refractivity contribution >= 4 is 5.91 Å². The molecule has 0 saturated heterocycles. The van der Waals surface area contributed by atoms with E-state index in [0.29, 0.717) is 6.42 Å². The van der Waals surface area contributed by atoms with Gasteiger partial charge in [-0.1, -0.05) is 127 Å². The second-order valence-corrected chi connectivity index (χ2v) is 10.4. The Bertz CT molecular complexity index is 570. The Balaban J connectivity index is 3.92. The molecule has 2 atom stereocenters. The van der Waals surface area contributed by atoms with Gasteiger partial charge in [0.05, 0.1) is 18.8 Å². The van der Waals surface area contributed by atoms with Gasteiger partial charge in [-0.2, -0.15) is 0 Å². The molecule has 0 saturated carbocycles. The molecule has 0 aromatic carbocycles. The van der Waals surface area contributed by atoms with Crippen molar-refractivity contribution in [3.8, 4) is 0 Å². The number of allylic oxidation sites excluding steroid dienone is 5. The zero-order valence-electron chi connectivity index (χ0n) is 24.7. The van der Waals surface area contributed by atoms with E-state index < -0.39 is 6.04 Å². The number of unbranched alkanes of at least 4 members (excludes halogenated alkanes) is 15. The van der Waals surface area contributed by atoms with Crippen molar-refractivity contribution in [2.24, 2.45) is 0 Å². The van der Waals surface area contributed by atoms with Gasteiger partial charge in [0.25, 0.3) is 0 Å². The molecule has 2 N–H and O–H groups in total. The molecule has 0 unspecified atom stereocenters. The molecule has 1 amide bonds. The van der Waals surface area contributed by atoms with Crippen molar-refractivity contribution in [2.45, 2.75) is 154 Å². The summed E-state index contributed by atoms with van der Waals surface area (Å²) in [6, 6.07) is -0.403. The monoisotopic (exact) mass is 519 g/mol. The molecule has 0 spiro atoms. The van der Waals surface area contributed by atoms with Crippen LogP contribution in [0.25, 0.3) is 0 Å². The maximum Gasteiger partial charge on any atom is 0.220 e. The summed E-state index contributed by atoms with van der Waals surface area (Å²) in [7, 11) is 1.63. The molecule has 0 aromatic heterocycles. The molecular formula is C33H61NO3. The Labute approximate surface area is 230 Å². The van der Waals surface area contributed by atoms with Gasteiger partial charge in [-0.05, 0) is 44.9 Å². The van der Waals surface area contributed by atoms with Gasteiger partial charge in [0.15, 0.2) is 0 Å². The molecule has 0 aliphatic carbocycles. The smallest absolute Gasteiger partial charge is 0.220 e. The average Bonchev–Trinajstić information content (AvgIpc) is 2.91. The third-order valence-corrected chi connectivity index (χ3v) is 6.87. The number of nitrogens with one attached hydrogen (secondary N) is 1. The zero-order valence-corrected chi connectivity index (χ0v) is 24.7. The van der Waals surface area contributed by atoms with Crippen LogP contribution in [0.3, 0.4) is 0 Å². The Morgan fingerprint density at radius 3 is 1.76 bits per heavy atom. The van der Waals surface area contributed by atoms with Crippen LogP contribution in [0.5, 0.6) is 0 Å². The lowest BCUT2D eigenvalue weighted by atomic mass is 10.0. The first-order valence-corrected chi connectivity index (χ1v) is 15.6. The molecule has 0 fully saturated rings. The van der Waals surface area contributed by atoms with Crippen LogP contribution in [-0.2, 0) is 9.53 Å². The Hall–Kier alpha value is -1.39. The minimum Gasteiger partial charge on any atom is -0.394 e. The first-order valence-electron chi connectivity index (χ1n) is 15.6. The summed E-state index contributed by atoms with van der Waals surface area (Å²) < 4.78 is 5.54. The highest BCUT2D eigenvalue weighted by Crippen LogP contribution is 2.12. The molecule has 216 valence electrons. The Morgan fingerprint density at radius 2 is 1.19 bits per heavy atom. The van der Waals surface area contributed by atoms with E-state index >= 15 is 0 Å². The van der Waals surface area contributed by atoms with Crippen LogP contribution in [0.2, 0.25) is 0 Å². The first kappa shape index (κ1) is 35.6. The summed E-state index contributed by atoms with van der Waals surface area (Å²) in [6.45, 7) is 4.37. The fourth-order valence-corrected chi connectivity index (χ4v) is 4.44. The number of ether oxygens (including phenoxy) is 1. The topological polar surface area (TPSA) is 58.6 Å². The molecule has 0 rings (SSSR count). The van der Waals surface area contributed by atoms with Crippen LogP contribution in [0.1, 0.15) is 142 Å². The highest BCUT2D eigenvalue weighted by molar-refractivity contribution is 5.76. The molecule has 0 heterocycles. The van der Waals surface area contributed by atoms with Crippen LogP contribution in [0.15, 0.2) is 36.5 Å². The third-order valence-electron chi connectivity index (χ3n) is 6.87. The molecule has 0 bridgehead atoms. The zero-order chi connectivity index (χ0) is 27.2. The Morgan fingerprint density at radius 1 is 0.703 bits per heavy atom. The molecule has 0 aliphatic heterocycles. The quantitative estimate of drug-likeness (QED) is 0.0841. The first-order chi connectivity index (χ1) is 18.2. The summed E-state index contributed by atoms with van der Waals surface area (Å²) in [6.07, 6.45) is 36.6. The van der Waals surface area contributed by atoms with Gasteiger partial charge >= 0.3 is 0 Å². The summed E-state index contributed by atoms with van der Waals surface area (Å²) in [5.41, 5.74) is 0. The van der Waals surface area contributed by atoms with Crippen LogP contribution in [-0.4, -0.2) is 36.9 Å². The lowest BCUT2D eigenvalue weighted by Gasteiger charge is -2.23. The highest BCUT2D eigenvalue weighted by Gasteiger charge is 2.19. The normalized spacial score (nSPS) is 13.7. The van der Waals surface area contributed by atoms with Crippen molar-refractivity contribution in [1.29, 1.82) is 0 Å². The van der Waals surface area contributed by atoms with Crippen LogP contribution >= 0.6 is 0 Å². The van der Waals surface area contributed by atoms with Crippen LogP contribution < -0.4 is 5.32 Å². The van der Waals surface area contributed by atoms with E-state index in [0.717, 1.165) is 25.7 Å². The van der Waals surface area contributed by atoms with Crippen molar-refractivity contribution in [3.05, 3.63) is 36.5 Å². The molecule has 0 radical (unpaired) electrons. The van der Waals surface area contributed by atoms with E-state index in [1.54, 1.807) is 7.11 Å². The van der Waals surface area contributed by atoms with Crippen LogP contribution in [0.4, 0.5) is 0 Å². The number of amides is 1. The van der Waals surface area contributed by atoms with E-state index in [1.165, 1.54) is 96.3 Å². The number of rotatable bonds is 27. The van der Waals surface area contributed by atoms with Gasteiger partial charge in [0.1, 0.15) is 0 Å². The Kier molecular flexibility index (Phi) is 28.1. The maximum atomic E-state index is 12.3. The SMILES string of the molecule is CCCCC/C=C/C/C=C/CCCC(=O)N[C@@H](CO)[C@@H](/C=C/CCCCCCCCCCCCC)OC. The lowest BCUT2D eigenvalue weighted by molar-refractivity contribution is -0.123. The van der Waals surface area contributed by atoms with Gasteiger partial charge in [-0.3, -0.25) is 4.79 Å². The highest BCUT2D eigenvalue weighted by atomic mass is 16.5. The average molecular weight is 520 g/mol. The minimum atomic E-state index is -0.403. The number of aliphatic hydroxyl groups excluding tert-OH is 1. The molecular weight excluding hydrogens is 458 g/mol. The van der Waals surface area contributed by atoms with Crippen LogP contribution in [0, 0.1) is 0 Å². The lowest BCUT2D eigenvalue weighted by Crippen LogP contribution is -2.45. The van der Waals surface area contributed by atoms with Gasteiger partial charge < -0.3 is 15.2 Å². The molecule has 4 heteroatoms. The van der Waals surface area contributed by atoms with Gasteiger partial charge in [0, 0.05) is 13.5 Å². The summed E-state index contributed by atoms with van der Waals surface area (Å²) in [5.74, 6) is -0.0240. The number of methoxy groups -OCH3 is 1. The second-order valence-electron chi connectivity index (χ2n) is 10.4. The summed E-state index contributed by atoms with van der Waals surface area (Å²) in [4.78, 5) is 12.3. The maximum absolute atomic E-state index is 12.3. The second kappa shape index (κ2) is 29.2. The largest absolute Gasteiger partial charge is 0.394 e. The number of carbonyl (C=O) groups is 1. The van der Waals surface area contributed by atoms with E-state index in [2.05, 4.69) is 49.5 Å². The predicted molar refractivity (Wildman–Crippen MR) is 161 cm³/mol. The van der Waals surface area contributed by atoms with Crippen molar-refractivity contribution in [1.82, 2.24) is 5.32 Å². The van der Waals surface area contributed by atoms with E-state index in [4.69, 9.17) is 4.74 Å². The van der Waals surface area contributed by atoms with E-state index in [1.807, 2.05) is 6.08 Å². The van der Waals surface area contributed by atoms with Crippen molar-refractivity contribution in [2.75, 3.05) is 13.7 Å². The number of carbonyl (C=O) groups excluding carboxylic acids is 1. The van der Waals surface area contributed by atoms with Gasteiger partial charge in [-0.25, -0.2) is 0 Å². The van der Waals surface area contributed by atoms with Gasteiger partial charge in [0.2, 0.25) is 5.91 Å².